The smallest absolute Gasteiger partial charge is 0.348 e. The van der Waals surface area contributed by atoms with Gasteiger partial charge < -0.3 is 14.8 Å². The number of benzene rings is 1. The highest BCUT2D eigenvalue weighted by molar-refractivity contribution is 7.92. The fourth-order valence-corrected chi connectivity index (χ4v) is 4.83. The summed E-state index contributed by atoms with van der Waals surface area (Å²) in [6, 6.07) is 5.50. The van der Waals surface area contributed by atoms with Crippen molar-refractivity contribution in [3.63, 3.8) is 0 Å². The van der Waals surface area contributed by atoms with Crippen LogP contribution in [-0.4, -0.2) is 44.7 Å². The van der Waals surface area contributed by atoms with E-state index in [1.807, 2.05) is 0 Å². The van der Waals surface area contributed by atoms with E-state index < -0.39 is 32.9 Å². The molecule has 0 aliphatic carbocycles. The molecule has 0 saturated carbocycles. The quantitative estimate of drug-likeness (QED) is 0.586. The van der Waals surface area contributed by atoms with E-state index in [9.17, 15) is 22.8 Å². The molecular formula is C21H25NO7S2. The number of amides is 1. The number of carbonyl (C=O) groups is 3. The maximum Gasteiger partial charge on any atom is 0.348 e. The van der Waals surface area contributed by atoms with Crippen molar-refractivity contribution in [2.45, 2.75) is 44.8 Å². The second-order valence-electron chi connectivity index (χ2n) is 6.77. The third-order valence-corrected chi connectivity index (χ3v) is 7.74. The Morgan fingerprint density at radius 3 is 2.06 bits per heavy atom. The summed E-state index contributed by atoms with van der Waals surface area (Å²) in [6.07, 6.45) is 0. The third-order valence-electron chi connectivity index (χ3n) is 4.38. The Morgan fingerprint density at radius 1 is 1.00 bits per heavy atom. The highest BCUT2D eigenvalue weighted by Crippen LogP contribution is 2.34. The molecule has 1 amide bonds. The summed E-state index contributed by atoms with van der Waals surface area (Å²) in [7, 11) is -3.46. The largest absolute Gasteiger partial charge is 0.462 e. The molecule has 1 N–H and O–H groups in total. The highest BCUT2D eigenvalue weighted by Gasteiger charge is 2.27. The fourth-order valence-electron chi connectivity index (χ4n) is 2.69. The molecular weight excluding hydrogens is 442 g/mol. The Hall–Kier alpha value is -2.72. The third kappa shape index (κ3) is 5.31. The normalized spacial score (nSPS) is 11.3. The number of carbonyl (C=O) groups excluding carboxylic acids is 3. The average Bonchev–Trinajstić information content (AvgIpc) is 3.04. The molecule has 0 aliphatic heterocycles. The molecule has 0 aliphatic rings. The zero-order valence-corrected chi connectivity index (χ0v) is 19.6. The van der Waals surface area contributed by atoms with Gasteiger partial charge in [-0.3, -0.25) is 4.79 Å². The van der Waals surface area contributed by atoms with Gasteiger partial charge in [-0.05, 0) is 64.4 Å². The van der Waals surface area contributed by atoms with Gasteiger partial charge in [-0.15, -0.1) is 11.3 Å². The lowest BCUT2D eigenvalue weighted by Gasteiger charge is -2.09. The highest BCUT2D eigenvalue weighted by atomic mass is 32.2. The van der Waals surface area contributed by atoms with Gasteiger partial charge in [-0.2, -0.15) is 0 Å². The molecule has 2 aromatic rings. The van der Waals surface area contributed by atoms with Crippen molar-refractivity contribution >= 4 is 44.0 Å². The van der Waals surface area contributed by atoms with E-state index in [1.165, 1.54) is 24.3 Å². The lowest BCUT2D eigenvalue weighted by molar-refractivity contribution is 0.0527. The van der Waals surface area contributed by atoms with Gasteiger partial charge in [0.15, 0.2) is 9.84 Å². The van der Waals surface area contributed by atoms with E-state index in [1.54, 1.807) is 34.6 Å². The minimum Gasteiger partial charge on any atom is -0.462 e. The van der Waals surface area contributed by atoms with Crippen LogP contribution in [0.15, 0.2) is 29.2 Å². The summed E-state index contributed by atoms with van der Waals surface area (Å²) >= 11 is 0.919. The molecule has 168 valence electrons. The van der Waals surface area contributed by atoms with Crippen LogP contribution in [0, 0.1) is 6.92 Å². The molecule has 0 unspecified atom stereocenters. The number of ether oxygens (including phenoxy) is 2. The maximum atomic E-state index is 12.7. The first-order chi connectivity index (χ1) is 14.5. The van der Waals surface area contributed by atoms with Crippen LogP contribution in [0.3, 0.4) is 0 Å². The summed E-state index contributed by atoms with van der Waals surface area (Å²) < 4.78 is 34.6. The molecule has 1 aromatic carbocycles. The molecule has 1 aromatic heterocycles. The van der Waals surface area contributed by atoms with Gasteiger partial charge >= 0.3 is 11.9 Å². The Kier molecular flexibility index (Phi) is 7.96. The molecule has 0 atom stereocenters. The minimum absolute atomic E-state index is 0.0854. The number of thiophene rings is 1. The molecule has 1 heterocycles. The van der Waals surface area contributed by atoms with Gasteiger partial charge in [-0.1, -0.05) is 0 Å². The van der Waals surface area contributed by atoms with Crippen molar-refractivity contribution in [1.29, 1.82) is 0 Å². The second-order valence-corrected chi connectivity index (χ2v) is 10.3. The number of rotatable bonds is 8. The van der Waals surface area contributed by atoms with Gasteiger partial charge in [0, 0.05) is 5.56 Å². The Labute approximate surface area is 185 Å². The van der Waals surface area contributed by atoms with Gasteiger partial charge in [-0.25, -0.2) is 18.0 Å². The van der Waals surface area contributed by atoms with Crippen LogP contribution in [0.4, 0.5) is 5.00 Å². The lowest BCUT2D eigenvalue weighted by Crippen LogP contribution is -2.16. The van der Waals surface area contributed by atoms with Crippen molar-refractivity contribution in [3.05, 3.63) is 45.8 Å². The molecule has 0 spiro atoms. The molecule has 8 nitrogen and oxygen atoms in total. The topological polar surface area (TPSA) is 116 Å². The predicted molar refractivity (Wildman–Crippen MR) is 118 cm³/mol. The van der Waals surface area contributed by atoms with Gasteiger partial charge in [0.25, 0.3) is 5.91 Å². The maximum absolute atomic E-state index is 12.7. The van der Waals surface area contributed by atoms with Crippen LogP contribution in [0.25, 0.3) is 0 Å². The first kappa shape index (κ1) is 24.5. The Morgan fingerprint density at radius 2 is 1.55 bits per heavy atom. The summed E-state index contributed by atoms with van der Waals surface area (Å²) in [5, 5.41) is 2.19. The van der Waals surface area contributed by atoms with E-state index >= 15 is 0 Å². The van der Waals surface area contributed by atoms with Crippen LogP contribution in [0.2, 0.25) is 0 Å². The van der Waals surface area contributed by atoms with Gasteiger partial charge in [0.1, 0.15) is 9.88 Å². The SMILES string of the molecule is CCOC(=O)c1sc(NC(=O)c2ccc(S(=O)(=O)C(C)C)cc2)c(C(=O)OCC)c1C. The number of esters is 2. The number of anilines is 1. The van der Waals surface area contributed by atoms with Crippen LogP contribution < -0.4 is 5.32 Å². The number of nitrogens with one attached hydrogen (secondary N) is 1. The van der Waals surface area contributed by atoms with Crippen LogP contribution in [0.5, 0.6) is 0 Å². The van der Waals surface area contributed by atoms with Gasteiger partial charge in [0.05, 0.1) is 28.9 Å². The number of hydrogen-bond donors (Lipinski definition) is 1. The molecule has 0 saturated heterocycles. The first-order valence-corrected chi connectivity index (χ1v) is 12.0. The summed E-state index contributed by atoms with van der Waals surface area (Å²) in [5.74, 6) is -1.82. The lowest BCUT2D eigenvalue weighted by atomic mass is 10.1. The molecule has 2 rings (SSSR count). The molecule has 31 heavy (non-hydrogen) atoms. The van der Waals surface area contributed by atoms with Crippen molar-refractivity contribution in [1.82, 2.24) is 0 Å². The van der Waals surface area contributed by atoms with Crippen molar-refractivity contribution in [2.24, 2.45) is 0 Å². The second kappa shape index (κ2) is 10.1. The van der Waals surface area contributed by atoms with Crippen molar-refractivity contribution in [2.75, 3.05) is 18.5 Å². The van der Waals surface area contributed by atoms with Crippen LogP contribution >= 0.6 is 11.3 Å². The molecule has 0 bridgehead atoms. The molecule has 0 radical (unpaired) electrons. The zero-order valence-electron chi connectivity index (χ0n) is 18.0. The number of hydrogen-bond acceptors (Lipinski definition) is 8. The molecule has 10 heteroatoms. The first-order valence-electron chi connectivity index (χ1n) is 9.67. The van der Waals surface area contributed by atoms with E-state index in [2.05, 4.69) is 5.32 Å². The monoisotopic (exact) mass is 467 g/mol. The summed E-state index contributed by atoms with van der Waals surface area (Å²) in [5.41, 5.74) is 0.638. The average molecular weight is 468 g/mol. The predicted octanol–water partition coefficient (Wildman–Crippen LogP) is 3.84. The van der Waals surface area contributed by atoms with E-state index in [-0.39, 0.29) is 39.1 Å². The standard InChI is InChI=1S/C21H25NO7S2/c1-6-28-20(24)16-13(5)17(21(25)29-7-2)30-19(16)22-18(23)14-8-10-15(11-9-14)31(26,27)12(3)4/h8-12H,6-7H2,1-5H3,(H,22,23). The van der Waals surface area contributed by atoms with E-state index in [0.717, 1.165) is 11.3 Å². The fraction of sp³-hybridized carbons (Fsp3) is 0.381. The van der Waals surface area contributed by atoms with Crippen LogP contribution in [-0.2, 0) is 19.3 Å². The van der Waals surface area contributed by atoms with E-state index in [0.29, 0.717) is 5.56 Å². The summed E-state index contributed by atoms with van der Waals surface area (Å²) in [6.45, 7) is 8.34. The molecule has 0 fully saturated rings. The zero-order chi connectivity index (χ0) is 23.3. The van der Waals surface area contributed by atoms with E-state index in [4.69, 9.17) is 9.47 Å². The number of sulfone groups is 1. The summed E-state index contributed by atoms with van der Waals surface area (Å²) in [4.78, 5) is 37.7. The van der Waals surface area contributed by atoms with Crippen LogP contribution in [0.1, 0.15) is 63.6 Å². The van der Waals surface area contributed by atoms with Crippen molar-refractivity contribution < 1.29 is 32.3 Å². The van der Waals surface area contributed by atoms with Crippen molar-refractivity contribution in [3.8, 4) is 0 Å². The Balaban J connectivity index is 2.38. The minimum atomic E-state index is -3.46. The Bertz CT molecular complexity index is 1080. The van der Waals surface area contributed by atoms with Gasteiger partial charge in [0.2, 0.25) is 0 Å².